The van der Waals surface area contributed by atoms with Gasteiger partial charge in [0.15, 0.2) is 0 Å². The van der Waals surface area contributed by atoms with Gasteiger partial charge in [-0.1, -0.05) is 24.3 Å². The number of aromatic nitrogens is 3. The fraction of sp³-hybridized carbons (Fsp3) is 0.385. The molecule has 1 aliphatic heterocycles. The molecule has 33 heavy (non-hydrogen) atoms. The van der Waals surface area contributed by atoms with Gasteiger partial charge in [0.2, 0.25) is 11.8 Å². The minimum atomic E-state index is -0.504. The van der Waals surface area contributed by atoms with Gasteiger partial charge in [-0.15, -0.1) is 0 Å². The van der Waals surface area contributed by atoms with Crippen LogP contribution < -0.4 is 0 Å². The number of hydrogen-bond acceptors (Lipinski definition) is 4. The molecule has 1 fully saturated rings. The summed E-state index contributed by atoms with van der Waals surface area (Å²) in [6.45, 7) is 9.82. The molecule has 3 aromatic rings. The summed E-state index contributed by atoms with van der Waals surface area (Å²) in [5.41, 5.74) is 6.24. The molecule has 0 bridgehead atoms. The molecule has 2 aromatic heterocycles. The van der Waals surface area contributed by atoms with Crippen LogP contribution in [0.5, 0.6) is 0 Å². The summed E-state index contributed by atoms with van der Waals surface area (Å²) in [6, 6.07) is 11.6. The van der Waals surface area contributed by atoms with E-state index in [1.165, 1.54) is 0 Å². The van der Waals surface area contributed by atoms with E-state index in [4.69, 9.17) is 0 Å². The van der Waals surface area contributed by atoms with Gasteiger partial charge in [0.25, 0.3) is 0 Å². The molecule has 0 unspecified atom stereocenters. The van der Waals surface area contributed by atoms with Crippen LogP contribution in [0.25, 0.3) is 11.1 Å². The molecule has 0 radical (unpaired) electrons. The highest BCUT2D eigenvalue weighted by Gasteiger charge is 2.37. The number of aryl methyl sites for hydroxylation is 1. The standard InChI is InChI=1S/C26H31N5O2/c1-5-29-14-15-30(25(32)17-31-20(4)18(2)19(3)28-31)24(26(29)33)16-21-6-8-22(9-7-21)23-10-12-27-13-11-23/h6-13,24H,5,14-17H2,1-4H3/t24-/m0/s1. The Morgan fingerprint density at radius 2 is 1.67 bits per heavy atom. The van der Waals surface area contributed by atoms with Crippen molar-refractivity contribution >= 4 is 11.8 Å². The van der Waals surface area contributed by atoms with Crippen molar-refractivity contribution in [1.82, 2.24) is 24.6 Å². The van der Waals surface area contributed by atoms with Crippen molar-refractivity contribution in [2.45, 2.75) is 46.7 Å². The number of carbonyl (C=O) groups excluding carboxylic acids is 2. The summed E-state index contributed by atoms with van der Waals surface area (Å²) in [5, 5.41) is 4.51. The van der Waals surface area contributed by atoms with Crippen molar-refractivity contribution in [3.8, 4) is 11.1 Å². The largest absolute Gasteiger partial charge is 0.339 e. The summed E-state index contributed by atoms with van der Waals surface area (Å²) in [6.07, 6.45) is 4.04. The van der Waals surface area contributed by atoms with Gasteiger partial charge in [-0.3, -0.25) is 19.3 Å². The van der Waals surface area contributed by atoms with Gasteiger partial charge in [-0.2, -0.15) is 5.10 Å². The molecule has 3 heterocycles. The van der Waals surface area contributed by atoms with E-state index in [0.717, 1.165) is 33.6 Å². The van der Waals surface area contributed by atoms with E-state index in [1.54, 1.807) is 22.0 Å². The van der Waals surface area contributed by atoms with Gasteiger partial charge in [0, 0.05) is 44.1 Å². The molecule has 172 valence electrons. The Labute approximate surface area is 195 Å². The zero-order valence-electron chi connectivity index (χ0n) is 19.8. The number of piperazine rings is 1. The molecule has 2 amide bonds. The van der Waals surface area contributed by atoms with Gasteiger partial charge >= 0.3 is 0 Å². The van der Waals surface area contributed by atoms with Crippen LogP contribution in [0.4, 0.5) is 0 Å². The third kappa shape index (κ3) is 4.67. The third-order valence-corrected chi connectivity index (χ3v) is 6.71. The summed E-state index contributed by atoms with van der Waals surface area (Å²) in [5.74, 6) is -0.0528. The lowest BCUT2D eigenvalue weighted by Gasteiger charge is -2.40. The first-order valence-corrected chi connectivity index (χ1v) is 11.5. The average Bonchev–Trinajstić information content (AvgIpc) is 3.07. The molecule has 1 atom stereocenters. The van der Waals surface area contributed by atoms with Crippen LogP contribution in [-0.2, 0) is 22.6 Å². The highest BCUT2D eigenvalue weighted by molar-refractivity contribution is 5.89. The average molecular weight is 446 g/mol. The van der Waals surface area contributed by atoms with Crippen LogP contribution in [0.2, 0.25) is 0 Å². The Bertz CT molecular complexity index is 1140. The normalized spacial score (nSPS) is 16.4. The number of rotatable bonds is 6. The van der Waals surface area contributed by atoms with E-state index in [9.17, 15) is 9.59 Å². The van der Waals surface area contributed by atoms with E-state index in [-0.39, 0.29) is 18.4 Å². The van der Waals surface area contributed by atoms with Crippen molar-refractivity contribution in [3.63, 3.8) is 0 Å². The zero-order chi connectivity index (χ0) is 23.5. The number of nitrogens with zero attached hydrogens (tertiary/aromatic N) is 5. The Hall–Kier alpha value is -3.48. The lowest BCUT2D eigenvalue weighted by atomic mass is 9.98. The van der Waals surface area contributed by atoms with Gasteiger partial charge < -0.3 is 9.80 Å². The zero-order valence-corrected chi connectivity index (χ0v) is 19.8. The number of benzene rings is 1. The van der Waals surface area contributed by atoms with Gasteiger partial charge in [0.05, 0.1) is 5.69 Å². The predicted octanol–water partition coefficient (Wildman–Crippen LogP) is 3.17. The topological polar surface area (TPSA) is 71.3 Å². The Morgan fingerprint density at radius 3 is 2.27 bits per heavy atom. The first-order valence-electron chi connectivity index (χ1n) is 11.5. The van der Waals surface area contributed by atoms with Crippen molar-refractivity contribution in [2.75, 3.05) is 19.6 Å². The predicted molar refractivity (Wildman–Crippen MR) is 128 cm³/mol. The van der Waals surface area contributed by atoms with E-state index in [2.05, 4.69) is 22.2 Å². The van der Waals surface area contributed by atoms with Crippen LogP contribution in [0.1, 0.15) is 29.4 Å². The second-order valence-electron chi connectivity index (χ2n) is 8.61. The summed E-state index contributed by atoms with van der Waals surface area (Å²) in [7, 11) is 0. The number of carbonyl (C=O) groups is 2. The van der Waals surface area contributed by atoms with E-state index in [0.29, 0.717) is 26.1 Å². The maximum absolute atomic E-state index is 13.3. The number of hydrogen-bond donors (Lipinski definition) is 0. The number of amides is 2. The highest BCUT2D eigenvalue weighted by Crippen LogP contribution is 2.22. The molecule has 0 saturated carbocycles. The first-order chi connectivity index (χ1) is 15.9. The van der Waals surface area contributed by atoms with Crippen LogP contribution >= 0.6 is 0 Å². The summed E-state index contributed by atoms with van der Waals surface area (Å²) in [4.78, 5) is 34.2. The lowest BCUT2D eigenvalue weighted by Crippen LogP contribution is -2.59. The highest BCUT2D eigenvalue weighted by atomic mass is 16.2. The van der Waals surface area contributed by atoms with Crippen LogP contribution in [0.15, 0.2) is 48.8 Å². The minimum Gasteiger partial charge on any atom is -0.339 e. The lowest BCUT2D eigenvalue weighted by molar-refractivity contribution is -0.151. The molecule has 4 rings (SSSR count). The SMILES string of the molecule is CCN1CCN(C(=O)Cn2nc(C)c(C)c2C)[C@@H](Cc2ccc(-c3ccncc3)cc2)C1=O. The van der Waals surface area contributed by atoms with Crippen molar-refractivity contribution < 1.29 is 9.59 Å². The molecular weight excluding hydrogens is 414 g/mol. The molecule has 7 nitrogen and oxygen atoms in total. The van der Waals surface area contributed by atoms with Gasteiger partial charge in [-0.05, 0) is 62.1 Å². The Morgan fingerprint density at radius 1 is 1.00 bits per heavy atom. The fourth-order valence-corrected chi connectivity index (χ4v) is 4.41. The maximum Gasteiger partial charge on any atom is 0.245 e. The molecule has 0 aliphatic carbocycles. The molecule has 0 N–H and O–H groups in total. The first kappa shape index (κ1) is 22.7. The van der Waals surface area contributed by atoms with Crippen LogP contribution in [-0.4, -0.2) is 62.1 Å². The van der Waals surface area contributed by atoms with Crippen molar-refractivity contribution in [2.24, 2.45) is 0 Å². The van der Waals surface area contributed by atoms with E-state index < -0.39 is 6.04 Å². The second-order valence-corrected chi connectivity index (χ2v) is 8.61. The monoisotopic (exact) mass is 445 g/mol. The third-order valence-electron chi connectivity index (χ3n) is 6.71. The van der Waals surface area contributed by atoms with E-state index in [1.807, 2.05) is 56.9 Å². The molecule has 7 heteroatoms. The van der Waals surface area contributed by atoms with Crippen molar-refractivity contribution in [3.05, 3.63) is 71.3 Å². The molecule has 0 spiro atoms. The maximum atomic E-state index is 13.3. The summed E-state index contributed by atoms with van der Waals surface area (Å²) < 4.78 is 1.75. The summed E-state index contributed by atoms with van der Waals surface area (Å²) >= 11 is 0. The molecule has 1 aromatic carbocycles. The van der Waals surface area contributed by atoms with Crippen LogP contribution in [0.3, 0.4) is 0 Å². The Kier molecular flexibility index (Phi) is 6.58. The van der Waals surface area contributed by atoms with Crippen molar-refractivity contribution in [1.29, 1.82) is 0 Å². The smallest absolute Gasteiger partial charge is 0.245 e. The number of pyridine rings is 1. The second kappa shape index (κ2) is 9.57. The Balaban J connectivity index is 1.55. The fourth-order valence-electron chi connectivity index (χ4n) is 4.41. The number of likely N-dealkylation sites (N-methyl/N-ethyl adjacent to an activating group) is 1. The van der Waals surface area contributed by atoms with E-state index >= 15 is 0 Å². The molecule has 1 saturated heterocycles. The minimum absolute atomic E-state index is 0.0138. The molecule has 1 aliphatic rings. The van der Waals surface area contributed by atoms with Crippen LogP contribution in [0, 0.1) is 20.8 Å². The van der Waals surface area contributed by atoms with Gasteiger partial charge in [0.1, 0.15) is 12.6 Å². The molecular formula is C26H31N5O2. The van der Waals surface area contributed by atoms with Gasteiger partial charge in [-0.25, -0.2) is 0 Å². The quantitative estimate of drug-likeness (QED) is 0.584.